The lowest BCUT2D eigenvalue weighted by atomic mass is 9.77. The summed E-state index contributed by atoms with van der Waals surface area (Å²) in [6, 6.07) is 10.9. The van der Waals surface area contributed by atoms with Crippen LogP contribution in [0.4, 0.5) is 11.4 Å². The summed E-state index contributed by atoms with van der Waals surface area (Å²) < 4.78 is 7.68. The number of hydrogen-bond acceptors (Lipinski definition) is 10. The van der Waals surface area contributed by atoms with Crippen LogP contribution >= 0.6 is 0 Å². The van der Waals surface area contributed by atoms with E-state index in [2.05, 4.69) is 44.6 Å². The zero-order chi connectivity index (χ0) is 34.6. The molecule has 0 bridgehead atoms. The summed E-state index contributed by atoms with van der Waals surface area (Å²) in [5, 5.41) is 10.7. The minimum atomic E-state index is -0.964. The summed E-state index contributed by atoms with van der Waals surface area (Å²) in [5.41, 5.74) is 7.42. The molecule has 0 spiro atoms. The zero-order valence-electron chi connectivity index (χ0n) is 28.3. The number of piperidine rings is 1. The summed E-state index contributed by atoms with van der Waals surface area (Å²) in [7, 11) is 0. The average molecular weight is 689 g/mol. The van der Waals surface area contributed by atoms with E-state index in [0.717, 1.165) is 103 Å². The second kappa shape index (κ2) is 12.9. The quantitative estimate of drug-likeness (QED) is 0.181. The van der Waals surface area contributed by atoms with Crippen LogP contribution in [0.5, 0.6) is 0 Å². The van der Waals surface area contributed by atoms with E-state index >= 15 is 0 Å². The molecule has 13 heteroatoms. The third kappa shape index (κ3) is 6.02. The number of nitrogens with one attached hydrogen (secondary N) is 2. The fourth-order valence-electron chi connectivity index (χ4n) is 7.95. The maximum atomic E-state index is 13.2. The van der Waals surface area contributed by atoms with Crippen molar-refractivity contribution in [3.05, 3.63) is 65.6 Å². The van der Waals surface area contributed by atoms with Crippen molar-refractivity contribution in [1.82, 2.24) is 30.0 Å². The molecule has 2 saturated heterocycles. The fourth-order valence-corrected chi connectivity index (χ4v) is 7.95. The van der Waals surface area contributed by atoms with Crippen molar-refractivity contribution < 1.29 is 23.9 Å². The standard InChI is InChI=1S/C38H40N8O5/c47-34-10-9-33(36(48)42-34)46-37(49)27-7-5-24(18-28(27)38(46)50)39-11-1-2-22-16-26(17-22)45-21-29(35(43-45)23-3-4-23)32-20-40-31-19-25(6-8-30(31)41-32)44-12-14-51-15-13-44/h5-8,18-23,26,33,39H,1-4,9-17H2,(H,42,47,48). The molecule has 1 unspecified atom stereocenters. The number of morpholine rings is 1. The Bertz CT molecular complexity index is 2060. The zero-order valence-corrected chi connectivity index (χ0v) is 28.3. The second-order valence-electron chi connectivity index (χ2n) is 14.5. The Labute approximate surface area is 294 Å². The predicted octanol–water partition coefficient (Wildman–Crippen LogP) is 4.45. The Morgan fingerprint density at radius 1 is 0.902 bits per heavy atom. The first-order valence-corrected chi connectivity index (χ1v) is 18.2. The van der Waals surface area contributed by atoms with Crippen molar-refractivity contribution in [2.24, 2.45) is 5.92 Å². The normalized spacial score (nSPS) is 23.4. The van der Waals surface area contributed by atoms with Crippen LogP contribution in [-0.4, -0.2) is 87.2 Å². The number of fused-ring (bicyclic) bond motifs is 2. The van der Waals surface area contributed by atoms with Crippen LogP contribution in [0, 0.1) is 5.92 Å². The molecular weight excluding hydrogens is 648 g/mol. The highest BCUT2D eigenvalue weighted by Gasteiger charge is 2.44. The van der Waals surface area contributed by atoms with Gasteiger partial charge in [-0.2, -0.15) is 5.10 Å². The Morgan fingerprint density at radius 3 is 2.53 bits per heavy atom. The largest absolute Gasteiger partial charge is 0.385 e. The third-order valence-electron chi connectivity index (χ3n) is 11.0. The molecule has 13 nitrogen and oxygen atoms in total. The van der Waals surface area contributed by atoms with Gasteiger partial charge in [0.15, 0.2) is 0 Å². The molecule has 2 aromatic carbocycles. The molecule has 2 aliphatic carbocycles. The fraction of sp³-hybridized carbons (Fsp3) is 0.447. The summed E-state index contributed by atoms with van der Waals surface area (Å²) in [5.74, 6) is -0.861. The number of carbonyl (C=O) groups is 4. The number of imide groups is 2. The number of ether oxygens (including phenoxy) is 1. The number of aromatic nitrogens is 4. The molecule has 2 N–H and O–H groups in total. The molecule has 0 radical (unpaired) electrons. The Balaban J connectivity index is 0.791. The number of carbonyl (C=O) groups excluding carboxylic acids is 4. The van der Waals surface area contributed by atoms with Crippen molar-refractivity contribution in [3.63, 3.8) is 0 Å². The molecular formula is C38H40N8O5. The van der Waals surface area contributed by atoms with Crippen molar-refractivity contribution in [3.8, 4) is 11.3 Å². The van der Waals surface area contributed by atoms with Crippen LogP contribution in [0.1, 0.15) is 89.7 Å². The Morgan fingerprint density at radius 2 is 1.73 bits per heavy atom. The van der Waals surface area contributed by atoms with E-state index in [1.165, 1.54) is 12.8 Å². The van der Waals surface area contributed by atoms with Gasteiger partial charge in [0.05, 0.1) is 59.0 Å². The number of nitrogens with zero attached hydrogens (tertiary/aromatic N) is 6. The molecule has 1 atom stereocenters. The van der Waals surface area contributed by atoms with Gasteiger partial charge in [0.1, 0.15) is 6.04 Å². The minimum Gasteiger partial charge on any atom is -0.385 e. The van der Waals surface area contributed by atoms with E-state index in [9.17, 15) is 19.2 Å². The number of benzene rings is 2. The number of hydrogen-bond donors (Lipinski definition) is 2. The van der Waals surface area contributed by atoms with Gasteiger partial charge in [0, 0.05) is 55.1 Å². The van der Waals surface area contributed by atoms with Gasteiger partial charge in [-0.05, 0) is 87.3 Å². The van der Waals surface area contributed by atoms with Crippen molar-refractivity contribution in [1.29, 1.82) is 0 Å². The molecule has 2 aromatic heterocycles. The van der Waals surface area contributed by atoms with Gasteiger partial charge in [-0.3, -0.25) is 39.1 Å². The van der Waals surface area contributed by atoms with E-state index < -0.39 is 23.8 Å². The van der Waals surface area contributed by atoms with E-state index in [-0.39, 0.29) is 29.9 Å². The molecule has 3 aliphatic heterocycles. The van der Waals surface area contributed by atoms with Gasteiger partial charge in [-0.25, -0.2) is 4.98 Å². The first-order valence-electron chi connectivity index (χ1n) is 18.2. The highest BCUT2D eigenvalue weighted by atomic mass is 16.5. The first-order chi connectivity index (χ1) is 24.9. The van der Waals surface area contributed by atoms with E-state index in [1.807, 2.05) is 6.20 Å². The van der Waals surface area contributed by atoms with Crippen molar-refractivity contribution in [2.75, 3.05) is 43.1 Å². The number of rotatable bonds is 10. The van der Waals surface area contributed by atoms with Gasteiger partial charge in [-0.15, -0.1) is 0 Å². The molecule has 9 rings (SSSR count). The Kier molecular flexibility index (Phi) is 8.02. The van der Waals surface area contributed by atoms with Crippen LogP contribution in [0.25, 0.3) is 22.3 Å². The lowest BCUT2D eigenvalue weighted by molar-refractivity contribution is -0.136. The van der Waals surface area contributed by atoms with Crippen LogP contribution < -0.4 is 15.5 Å². The highest BCUT2D eigenvalue weighted by molar-refractivity contribution is 6.23. The van der Waals surface area contributed by atoms with Crippen molar-refractivity contribution in [2.45, 2.75) is 69.4 Å². The van der Waals surface area contributed by atoms with Crippen LogP contribution in [-0.2, 0) is 14.3 Å². The molecule has 5 aliphatic rings. The Hall–Kier alpha value is -5.17. The van der Waals surface area contributed by atoms with E-state index in [0.29, 0.717) is 17.9 Å². The van der Waals surface area contributed by atoms with Gasteiger partial charge >= 0.3 is 0 Å². The van der Waals surface area contributed by atoms with Crippen LogP contribution in [0.15, 0.2) is 48.8 Å². The van der Waals surface area contributed by atoms with Crippen molar-refractivity contribution >= 4 is 46.0 Å². The molecule has 4 aromatic rings. The molecule has 4 amide bonds. The monoisotopic (exact) mass is 688 g/mol. The van der Waals surface area contributed by atoms with Crippen LogP contribution in [0.2, 0.25) is 0 Å². The maximum absolute atomic E-state index is 13.2. The first kappa shape index (κ1) is 31.8. The van der Waals surface area contributed by atoms with E-state index in [4.69, 9.17) is 19.8 Å². The lowest BCUT2D eigenvalue weighted by Gasteiger charge is -2.35. The SMILES string of the molecule is O=C1CCC(N2C(=O)c3ccc(NCCCC4CC(n5cc(-c6cnc7cc(N8CCOCC8)ccc7n6)c(C6CC6)n5)C4)cc3C2=O)C(=O)N1. The highest BCUT2D eigenvalue weighted by Crippen LogP contribution is 2.46. The van der Waals surface area contributed by atoms with E-state index in [1.54, 1.807) is 18.2 Å². The van der Waals surface area contributed by atoms with Crippen LogP contribution in [0.3, 0.4) is 0 Å². The molecule has 5 heterocycles. The van der Waals surface area contributed by atoms with Gasteiger partial charge < -0.3 is 15.0 Å². The summed E-state index contributed by atoms with van der Waals surface area (Å²) >= 11 is 0. The molecule has 2 saturated carbocycles. The average Bonchev–Trinajstić information content (AvgIpc) is 3.84. The third-order valence-corrected chi connectivity index (χ3v) is 11.0. The van der Waals surface area contributed by atoms with Gasteiger partial charge in [-0.1, -0.05) is 0 Å². The minimum absolute atomic E-state index is 0.0978. The number of amides is 4. The smallest absolute Gasteiger partial charge is 0.262 e. The predicted molar refractivity (Wildman–Crippen MR) is 188 cm³/mol. The maximum Gasteiger partial charge on any atom is 0.262 e. The molecule has 51 heavy (non-hydrogen) atoms. The topological polar surface area (TPSA) is 152 Å². The summed E-state index contributed by atoms with van der Waals surface area (Å²) in [6.45, 7) is 4.01. The van der Waals surface area contributed by atoms with Gasteiger partial charge in [0.25, 0.3) is 11.8 Å². The molecule has 4 fully saturated rings. The molecule has 262 valence electrons. The van der Waals surface area contributed by atoms with Gasteiger partial charge in [0.2, 0.25) is 11.8 Å². The second-order valence-corrected chi connectivity index (χ2v) is 14.5. The summed E-state index contributed by atoms with van der Waals surface area (Å²) in [6.07, 6.45) is 10.9. The number of anilines is 2. The lowest BCUT2D eigenvalue weighted by Crippen LogP contribution is -2.54. The summed E-state index contributed by atoms with van der Waals surface area (Å²) in [4.78, 5) is 63.2.